The minimum absolute atomic E-state index is 0.252. The molecule has 0 bridgehead atoms. The van der Waals surface area contributed by atoms with E-state index in [1.165, 1.54) is 31.2 Å². The fourth-order valence-corrected chi connectivity index (χ4v) is 3.74. The molecule has 1 aliphatic carbocycles. The van der Waals surface area contributed by atoms with Gasteiger partial charge < -0.3 is 5.73 Å². The van der Waals surface area contributed by atoms with Crippen LogP contribution in [0.2, 0.25) is 0 Å². The largest absolute Gasteiger partial charge is 0.328 e. The van der Waals surface area contributed by atoms with Crippen molar-refractivity contribution in [1.29, 1.82) is 0 Å². The zero-order valence-corrected chi connectivity index (χ0v) is 13.7. The monoisotopic (exact) mass is 273 g/mol. The highest BCUT2D eigenvalue weighted by atomic mass is 14.6. The van der Waals surface area contributed by atoms with Gasteiger partial charge in [0.1, 0.15) is 0 Å². The van der Waals surface area contributed by atoms with Crippen molar-refractivity contribution in [2.45, 2.75) is 71.8 Å². The van der Waals surface area contributed by atoms with Crippen molar-refractivity contribution >= 4 is 0 Å². The first-order valence-corrected chi connectivity index (χ1v) is 8.21. The first-order chi connectivity index (χ1) is 9.38. The number of rotatable bonds is 3. The molecule has 1 aliphatic rings. The van der Waals surface area contributed by atoms with E-state index in [1.54, 1.807) is 5.56 Å². The van der Waals surface area contributed by atoms with Crippen LogP contribution in [0.5, 0.6) is 0 Å². The lowest BCUT2D eigenvalue weighted by atomic mass is 9.68. The lowest BCUT2D eigenvalue weighted by molar-refractivity contribution is 0.169. The van der Waals surface area contributed by atoms with Gasteiger partial charge in [-0.25, -0.2) is 0 Å². The average Bonchev–Trinajstić information content (AvgIpc) is 2.38. The van der Waals surface area contributed by atoms with E-state index >= 15 is 0 Å². The van der Waals surface area contributed by atoms with Gasteiger partial charge in [-0.15, -0.1) is 0 Å². The summed E-state index contributed by atoms with van der Waals surface area (Å²) in [5.74, 6) is 1.64. The number of nitrogens with two attached hydrogens (primary N) is 1. The van der Waals surface area contributed by atoms with Crippen LogP contribution in [0.4, 0.5) is 0 Å². The summed E-state index contributed by atoms with van der Waals surface area (Å²) in [5.41, 5.74) is 9.51. The summed E-state index contributed by atoms with van der Waals surface area (Å²) in [4.78, 5) is 0. The average molecular weight is 273 g/mol. The van der Waals surface area contributed by atoms with Crippen LogP contribution in [0.1, 0.15) is 70.4 Å². The molecule has 2 rings (SSSR count). The SMILES string of the molecule is CC(N)Cc1ccccc1C1CCC(C(C)(C)C)CC1. The molecule has 20 heavy (non-hydrogen) atoms. The van der Waals surface area contributed by atoms with Gasteiger partial charge in [-0.3, -0.25) is 0 Å². The van der Waals surface area contributed by atoms with Gasteiger partial charge in [0.15, 0.2) is 0 Å². The molecule has 0 spiro atoms. The van der Waals surface area contributed by atoms with Crippen molar-refractivity contribution in [3.8, 4) is 0 Å². The fourth-order valence-electron chi connectivity index (χ4n) is 3.74. The molecule has 1 unspecified atom stereocenters. The highest BCUT2D eigenvalue weighted by molar-refractivity contribution is 5.31. The van der Waals surface area contributed by atoms with E-state index in [0.29, 0.717) is 5.41 Å². The van der Waals surface area contributed by atoms with Crippen LogP contribution in [0.15, 0.2) is 24.3 Å². The Hall–Kier alpha value is -0.820. The molecule has 1 nitrogen and oxygen atoms in total. The van der Waals surface area contributed by atoms with E-state index in [4.69, 9.17) is 5.73 Å². The Kier molecular flexibility index (Phi) is 4.90. The quantitative estimate of drug-likeness (QED) is 0.833. The molecule has 0 amide bonds. The molecule has 0 aromatic heterocycles. The van der Waals surface area contributed by atoms with E-state index in [1.807, 2.05) is 0 Å². The maximum absolute atomic E-state index is 6.00. The van der Waals surface area contributed by atoms with Crippen molar-refractivity contribution < 1.29 is 0 Å². The van der Waals surface area contributed by atoms with E-state index in [9.17, 15) is 0 Å². The first kappa shape index (κ1) is 15.6. The zero-order chi connectivity index (χ0) is 14.8. The Balaban J connectivity index is 2.07. The molecule has 0 aliphatic heterocycles. The summed E-state index contributed by atoms with van der Waals surface area (Å²) in [5, 5.41) is 0. The number of hydrogen-bond donors (Lipinski definition) is 1. The van der Waals surface area contributed by atoms with Crippen LogP contribution in [-0.4, -0.2) is 6.04 Å². The van der Waals surface area contributed by atoms with Gasteiger partial charge in [-0.05, 0) is 67.4 Å². The first-order valence-electron chi connectivity index (χ1n) is 8.21. The number of hydrogen-bond acceptors (Lipinski definition) is 1. The Morgan fingerprint density at radius 3 is 2.25 bits per heavy atom. The predicted octanol–water partition coefficient (Wildman–Crippen LogP) is 4.90. The van der Waals surface area contributed by atoms with Gasteiger partial charge in [-0.2, -0.15) is 0 Å². The zero-order valence-electron chi connectivity index (χ0n) is 13.7. The molecule has 1 aromatic carbocycles. The highest BCUT2D eigenvalue weighted by Gasteiger charge is 2.30. The van der Waals surface area contributed by atoms with Crippen LogP contribution in [-0.2, 0) is 6.42 Å². The molecule has 1 fully saturated rings. The molecule has 1 aromatic rings. The second-order valence-corrected chi connectivity index (χ2v) is 7.79. The minimum atomic E-state index is 0.252. The Morgan fingerprint density at radius 2 is 1.70 bits per heavy atom. The molecule has 1 heteroatoms. The lowest BCUT2D eigenvalue weighted by Crippen LogP contribution is -2.26. The molecule has 0 saturated heterocycles. The third-order valence-electron chi connectivity index (χ3n) is 4.99. The Labute approximate surface area is 125 Å². The fraction of sp³-hybridized carbons (Fsp3) is 0.684. The summed E-state index contributed by atoms with van der Waals surface area (Å²) in [6.07, 6.45) is 6.45. The van der Waals surface area contributed by atoms with E-state index in [-0.39, 0.29) is 6.04 Å². The van der Waals surface area contributed by atoms with Crippen LogP contribution in [0, 0.1) is 11.3 Å². The van der Waals surface area contributed by atoms with Gasteiger partial charge >= 0.3 is 0 Å². The van der Waals surface area contributed by atoms with Gasteiger partial charge in [0.05, 0.1) is 0 Å². The molecule has 2 N–H and O–H groups in total. The summed E-state index contributed by atoms with van der Waals surface area (Å²) in [7, 11) is 0. The minimum Gasteiger partial charge on any atom is -0.328 e. The predicted molar refractivity (Wildman–Crippen MR) is 87.9 cm³/mol. The summed E-state index contributed by atoms with van der Waals surface area (Å²) in [6.45, 7) is 9.28. The smallest absolute Gasteiger partial charge is 0.00510 e. The normalized spacial score (nSPS) is 25.4. The van der Waals surface area contributed by atoms with Crippen molar-refractivity contribution in [1.82, 2.24) is 0 Å². The summed E-state index contributed by atoms with van der Waals surface area (Å²) in [6, 6.07) is 9.20. The van der Waals surface area contributed by atoms with Crippen molar-refractivity contribution in [2.75, 3.05) is 0 Å². The van der Waals surface area contributed by atoms with Crippen LogP contribution < -0.4 is 5.73 Å². The van der Waals surface area contributed by atoms with E-state index in [2.05, 4.69) is 52.0 Å². The summed E-state index contributed by atoms with van der Waals surface area (Å²) < 4.78 is 0. The van der Waals surface area contributed by atoms with Crippen molar-refractivity contribution in [3.05, 3.63) is 35.4 Å². The Morgan fingerprint density at radius 1 is 1.10 bits per heavy atom. The molecule has 1 atom stereocenters. The van der Waals surface area contributed by atoms with Gasteiger partial charge in [0, 0.05) is 6.04 Å². The Bertz CT molecular complexity index is 420. The third-order valence-corrected chi connectivity index (χ3v) is 4.99. The second-order valence-electron chi connectivity index (χ2n) is 7.79. The summed E-state index contributed by atoms with van der Waals surface area (Å²) >= 11 is 0. The molecular formula is C19H31N. The number of benzene rings is 1. The molecular weight excluding hydrogens is 242 g/mol. The van der Waals surface area contributed by atoms with Gasteiger partial charge in [0.2, 0.25) is 0 Å². The molecule has 112 valence electrons. The van der Waals surface area contributed by atoms with Crippen molar-refractivity contribution in [3.63, 3.8) is 0 Å². The highest BCUT2D eigenvalue weighted by Crippen LogP contribution is 2.43. The van der Waals surface area contributed by atoms with Crippen LogP contribution in [0.3, 0.4) is 0 Å². The van der Waals surface area contributed by atoms with Gasteiger partial charge in [-0.1, -0.05) is 45.0 Å². The van der Waals surface area contributed by atoms with Crippen molar-refractivity contribution in [2.24, 2.45) is 17.1 Å². The topological polar surface area (TPSA) is 26.0 Å². The maximum Gasteiger partial charge on any atom is 0.00510 e. The lowest BCUT2D eigenvalue weighted by Gasteiger charge is -2.37. The third kappa shape index (κ3) is 3.85. The van der Waals surface area contributed by atoms with Crippen LogP contribution >= 0.6 is 0 Å². The van der Waals surface area contributed by atoms with E-state index < -0.39 is 0 Å². The van der Waals surface area contributed by atoms with Gasteiger partial charge in [0.25, 0.3) is 0 Å². The molecule has 1 saturated carbocycles. The standard InChI is InChI=1S/C19H31N/c1-14(20)13-16-7-5-6-8-18(16)15-9-11-17(12-10-15)19(2,3)4/h5-8,14-15,17H,9-13,20H2,1-4H3. The maximum atomic E-state index is 6.00. The second kappa shape index (κ2) is 6.30. The molecule has 0 radical (unpaired) electrons. The van der Waals surface area contributed by atoms with E-state index in [0.717, 1.165) is 18.3 Å². The molecule has 0 heterocycles. The van der Waals surface area contributed by atoms with Crippen LogP contribution in [0.25, 0.3) is 0 Å².